The fourth-order valence-corrected chi connectivity index (χ4v) is 2.92. The van der Waals surface area contributed by atoms with Crippen molar-refractivity contribution < 1.29 is 19.4 Å². The van der Waals surface area contributed by atoms with E-state index < -0.39 is 11.4 Å². The van der Waals surface area contributed by atoms with E-state index in [-0.39, 0.29) is 6.10 Å². The van der Waals surface area contributed by atoms with Gasteiger partial charge < -0.3 is 14.6 Å². The minimum absolute atomic E-state index is 0.312. The molecule has 2 atom stereocenters. The molecule has 2 heterocycles. The van der Waals surface area contributed by atoms with Gasteiger partial charge in [0.1, 0.15) is 11.2 Å². The topological polar surface area (TPSA) is 68.7 Å². The molecule has 1 aliphatic heterocycles. The number of aryl methyl sites for hydroxylation is 1. The van der Waals surface area contributed by atoms with Gasteiger partial charge in [0.15, 0.2) is 0 Å². The van der Waals surface area contributed by atoms with Crippen LogP contribution in [0.4, 0.5) is 0 Å². The summed E-state index contributed by atoms with van der Waals surface area (Å²) in [5.74, 6) is -0.0367. The van der Waals surface area contributed by atoms with Crippen LogP contribution in [-0.2, 0) is 16.0 Å². The monoisotopic (exact) mass is 279 g/mol. The van der Waals surface area contributed by atoms with Gasteiger partial charge in [0.25, 0.3) is 0 Å². The van der Waals surface area contributed by atoms with Gasteiger partial charge >= 0.3 is 5.97 Å². The SMILES string of the molecule is COc1c(C)cnc(CC2(C(=O)O)CCOC2C)c1C. The molecule has 110 valence electrons. The lowest BCUT2D eigenvalue weighted by Crippen LogP contribution is -2.40. The lowest BCUT2D eigenvalue weighted by atomic mass is 9.77. The molecule has 0 aliphatic carbocycles. The van der Waals surface area contributed by atoms with E-state index in [9.17, 15) is 9.90 Å². The largest absolute Gasteiger partial charge is 0.496 e. The Hall–Kier alpha value is -1.62. The predicted molar refractivity (Wildman–Crippen MR) is 74.1 cm³/mol. The smallest absolute Gasteiger partial charge is 0.312 e. The van der Waals surface area contributed by atoms with Gasteiger partial charge in [0.2, 0.25) is 0 Å². The Morgan fingerprint density at radius 2 is 2.30 bits per heavy atom. The normalized spacial score (nSPS) is 25.7. The van der Waals surface area contributed by atoms with Crippen molar-refractivity contribution in [2.75, 3.05) is 13.7 Å². The van der Waals surface area contributed by atoms with Crippen molar-refractivity contribution in [3.63, 3.8) is 0 Å². The Morgan fingerprint density at radius 1 is 1.60 bits per heavy atom. The van der Waals surface area contributed by atoms with E-state index in [1.54, 1.807) is 13.3 Å². The number of aliphatic carboxylic acids is 1. The molecule has 0 spiro atoms. The van der Waals surface area contributed by atoms with E-state index >= 15 is 0 Å². The van der Waals surface area contributed by atoms with E-state index in [4.69, 9.17) is 9.47 Å². The van der Waals surface area contributed by atoms with Crippen LogP contribution in [0.5, 0.6) is 5.75 Å². The van der Waals surface area contributed by atoms with Crippen LogP contribution in [0.3, 0.4) is 0 Å². The molecule has 2 unspecified atom stereocenters. The number of carbonyl (C=O) groups is 1. The first-order chi connectivity index (χ1) is 9.42. The molecule has 20 heavy (non-hydrogen) atoms. The summed E-state index contributed by atoms with van der Waals surface area (Å²) in [7, 11) is 1.62. The summed E-state index contributed by atoms with van der Waals surface area (Å²) in [6.45, 7) is 6.15. The number of carboxylic acid groups (broad SMARTS) is 1. The average Bonchev–Trinajstić information content (AvgIpc) is 2.76. The van der Waals surface area contributed by atoms with Gasteiger partial charge in [-0.25, -0.2) is 0 Å². The molecular weight excluding hydrogens is 258 g/mol. The van der Waals surface area contributed by atoms with Crippen molar-refractivity contribution in [2.24, 2.45) is 5.41 Å². The van der Waals surface area contributed by atoms with Crippen LogP contribution in [0, 0.1) is 19.3 Å². The van der Waals surface area contributed by atoms with E-state index in [2.05, 4.69) is 4.98 Å². The first kappa shape index (κ1) is 14.8. The van der Waals surface area contributed by atoms with Gasteiger partial charge in [-0.2, -0.15) is 0 Å². The molecule has 5 heteroatoms. The number of ether oxygens (including phenoxy) is 2. The zero-order chi connectivity index (χ0) is 14.9. The van der Waals surface area contributed by atoms with Crippen molar-refractivity contribution in [3.05, 3.63) is 23.0 Å². The van der Waals surface area contributed by atoms with Crippen LogP contribution in [-0.4, -0.2) is 35.9 Å². The minimum Gasteiger partial charge on any atom is -0.496 e. The number of pyridine rings is 1. The number of hydrogen-bond donors (Lipinski definition) is 1. The van der Waals surface area contributed by atoms with Gasteiger partial charge in [0, 0.05) is 36.0 Å². The highest BCUT2D eigenvalue weighted by Crippen LogP contribution is 2.39. The van der Waals surface area contributed by atoms with Crippen molar-refractivity contribution in [1.82, 2.24) is 4.98 Å². The second-order valence-electron chi connectivity index (χ2n) is 5.45. The average molecular weight is 279 g/mol. The summed E-state index contributed by atoms with van der Waals surface area (Å²) in [6, 6.07) is 0. The minimum atomic E-state index is -0.891. The fraction of sp³-hybridized carbons (Fsp3) is 0.600. The number of aromatic nitrogens is 1. The fourth-order valence-electron chi connectivity index (χ4n) is 2.92. The Labute approximate surface area is 118 Å². The van der Waals surface area contributed by atoms with Crippen molar-refractivity contribution >= 4 is 5.97 Å². The van der Waals surface area contributed by atoms with Gasteiger partial charge in [-0.3, -0.25) is 9.78 Å². The van der Waals surface area contributed by atoms with E-state index in [1.807, 2.05) is 20.8 Å². The van der Waals surface area contributed by atoms with Crippen molar-refractivity contribution in [1.29, 1.82) is 0 Å². The molecule has 1 aliphatic rings. The summed E-state index contributed by atoms with van der Waals surface area (Å²) in [5, 5.41) is 9.63. The maximum absolute atomic E-state index is 11.7. The molecule has 1 saturated heterocycles. The quantitative estimate of drug-likeness (QED) is 0.914. The third-order valence-electron chi connectivity index (χ3n) is 4.35. The maximum Gasteiger partial charge on any atom is 0.312 e. The maximum atomic E-state index is 11.7. The molecule has 1 aromatic heterocycles. The lowest BCUT2D eigenvalue weighted by Gasteiger charge is -2.28. The highest BCUT2D eigenvalue weighted by atomic mass is 16.5. The van der Waals surface area contributed by atoms with Crippen LogP contribution in [0.25, 0.3) is 0 Å². The van der Waals surface area contributed by atoms with Gasteiger partial charge in [-0.1, -0.05) is 0 Å². The number of methoxy groups -OCH3 is 1. The second-order valence-corrected chi connectivity index (χ2v) is 5.45. The van der Waals surface area contributed by atoms with Gasteiger partial charge in [-0.15, -0.1) is 0 Å². The molecule has 0 radical (unpaired) electrons. The van der Waals surface area contributed by atoms with Crippen LogP contribution in [0.2, 0.25) is 0 Å². The first-order valence-corrected chi connectivity index (χ1v) is 6.76. The second kappa shape index (κ2) is 5.40. The molecule has 0 bridgehead atoms. The molecule has 0 aromatic carbocycles. The summed E-state index contributed by atoms with van der Waals surface area (Å²) in [6.07, 6.45) is 2.30. The Balaban J connectivity index is 2.40. The summed E-state index contributed by atoms with van der Waals surface area (Å²) < 4.78 is 10.9. The van der Waals surface area contributed by atoms with Crippen LogP contribution in [0.15, 0.2) is 6.20 Å². The summed E-state index contributed by atoms with van der Waals surface area (Å²) in [5.41, 5.74) is 1.74. The molecule has 5 nitrogen and oxygen atoms in total. The molecule has 0 amide bonds. The Morgan fingerprint density at radius 3 is 2.80 bits per heavy atom. The molecule has 2 rings (SSSR count). The zero-order valence-electron chi connectivity index (χ0n) is 12.4. The van der Waals surface area contributed by atoms with E-state index in [0.717, 1.165) is 22.6 Å². The van der Waals surface area contributed by atoms with Crippen LogP contribution < -0.4 is 4.74 Å². The predicted octanol–water partition coefficient (Wildman–Crippen LogP) is 2.13. The zero-order valence-corrected chi connectivity index (χ0v) is 12.4. The van der Waals surface area contributed by atoms with E-state index in [0.29, 0.717) is 19.4 Å². The lowest BCUT2D eigenvalue weighted by molar-refractivity contribution is -0.151. The molecule has 1 N–H and O–H groups in total. The molecular formula is C15H21NO4. The van der Waals surface area contributed by atoms with E-state index in [1.165, 1.54) is 0 Å². The number of nitrogens with zero attached hydrogens (tertiary/aromatic N) is 1. The molecule has 1 fully saturated rings. The first-order valence-electron chi connectivity index (χ1n) is 6.76. The highest BCUT2D eigenvalue weighted by molar-refractivity contribution is 5.76. The number of carboxylic acids is 1. The third kappa shape index (κ3) is 2.26. The third-order valence-corrected chi connectivity index (χ3v) is 4.35. The standard InChI is InChI=1S/C15H21NO4/c1-9-8-16-12(10(2)13(9)19-4)7-15(14(17)18)5-6-20-11(15)3/h8,11H,5-7H2,1-4H3,(H,17,18). The van der Waals surface area contributed by atoms with Gasteiger partial charge in [0.05, 0.1) is 13.2 Å². The number of hydrogen-bond acceptors (Lipinski definition) is 4. The van der Waals surface area contributed by atoms with Crippen LogP contribution >= 0.6 is 0 Å². The summed E-state index contributed by atoms with van der Waals surface area (Å²) in [4.78, 5) is 16.1. The molecule has 0 saturated carbocycles. The van der Waals surface area contributed by atoms with Crippen molar-refractivity contribution in [3.8, 4) is 5.75 Å². The highest BCUT2D eigenvalue weighted by Gasteiger charge is 2.49. The number of rotatable bonds is 4. The Bertz CT molecular complexity index is 529. The van der Waals surface area contributed by atoms with Crippen molar-refractivity contribution in [2.45, 2.75) is 39.7 Å². The molecule has 1 aromatic rings. The summed E-state index contributed by atoms with van der Waals surface area (Å²) >= 11 is 0. The van der Waals surface area contributed by atoms with Gasteiger partial charge in [-0.05, 0) is 27.2 Å². The van der Waals surface area contributed by atoms with Crippen LogP contribution in [0.1, 0.15) is 30.2 Å². The Kier molecular flexibility index (Phi) is 3.99.